The number of piperidine rings is 1. The van der Waals surface area contributed by atoms with Crippen LogP contribution in [0.1, 0.15) is 20.3 Å². The van der Waals surface area contributed by atoms with E-state index in [0.29, 0.717) is 0 Å². The van der Waals surface area contributed by atoms with Gasteiger partial charge in [-0.15, -0.1) is 0 Å². The summed E-state index contributed by atoms with van der Waals surface area (Å²) in [6, 6.07) is -0.576. The zero-order valence-corrected chi connectivity index (χ0v) is 8.69. The van der Waals surface area contributed by atoms with Gasteiger partial charge in [0, 0.05) is 12.1 Å². The third kappa shape index (κ3) is 3.09. The lowest BCUT2D eigenvalue weighted by Gasteiger charge is -2.36. The van der Waals surface area contributed by atoms with Gasteiger partial charge in [-0.3, -0.25) is 4.79 Å². The van der Waals surface area contributed by atoms with Gasteiger partial charge in [-0.25, -0.2) is 0 Å². The van der Waals surface area contributed by atoms with Crippen LogP contribution in [-0.2, 0) is 4.79 Å². The van der Waals surface area contributed by atoms with Crippen LogP contribution in [0.15, 0.2) is 0 Å². The van der Waals surface area contributed by atoms with E-state index in [-0.39, 0.29) is 12.0 Å². The summed E-state index contributed by atoms with van der Waals surface area (Å²) in [6.45, 7) is 4.40. The molecule has 1 heterocycles. The molecule has 6 heteroatoms. The summed E-state index contributed by atoms with van der Waals surface area (Å²) in [5, 5.41) is 5.07. The first kappa shape index (κ1) is 12.3. The molecule has 1 amide bonds. The van der Waals surface area contributed by atoms with Crippen LogP contribution in [-0.4, -0.2) is 30.7 Å². The quantitative estimate of drug-likeness (QED) is 0.699. The smallest absolute Gasteiger partial charge is 0.344 e. The molecule has 0 aromatic heterocycles. The molecule has 1 aliphatic rings. The van der Waals surface area contributed by atoms with E-state index in [2.05, 4.69) is 5.32 Å². The van der Waals surface area contributed by atoms with Crippen LogP contribution in [0.3, 0.4) is 0 Å². The number of carbonyl (C=O) groups is 1. The molecule has 0 aromatic rings. The molecule has 0 bridgehead atoms. The SMILES string of the molecule is C[C@@H]1CCN[C@@H](C)[C@H]1NC(=O)C(F)(F)F. The second kappa shape index (κ2) is 4.38. The second-order valence-electron chi connectivity index (χ2n) is 4.01. The molecule has 88 valence electrons. The van der Waals surface area contributed by atoms with Gasteiger partial charge in [-0.05, 0) is 25.8 Å². The fraction of sp³-hybridized carbons (Fsp3) is 0.889. The molecule has 0 spiro atoms. The highest BCUT2D eigenvalue weighted by Crippen LogP contribution is 2.20. The number of halogens is 3. The molecule has 0 saturated carbocycles. The van der Waals surface area contributed by atoms with Crippen LogP contribution in [0.5, 0.6) is 0 Å². The maximum Gasteiger partial charge on any atom is 0.471 e. The summed E-state index contributed by atoms with van der Waals surface area (Å²) in [7, 11) is 0. The number of alkyl halides is 3. The van der Waals surface area contributed by atoms with Gasteiger partial charge in [0.15, 0.2) is 0 Å². The van der Waals surface area contributed by atoms with E-state index in [1.54, 1.807) is 6.92 Å². The maximum atomic E-state index is 12.0. The molecule has 1 saturated heterocycles. The molecule has 0 aliphatic carbocycles. The van der Waals surface area contributed by atoms with E-state index in [0.717, 1.165) is 13.0 Å². The number of amides is 1. The van der Waals surface area contributed by atoms with E-state index in [1.165, 1.54) is 0 Å². The minimum atomic E-state index is -4.79. The average molecular weight is 224 g/mol. The standard InChI is InChI=1S/C9H15F3N2O/c1-5-3-4-13-6(2)7(5)14-8(15)9(10,11)12/h5-7,13H,3-4H2,1-2H3,(H,14,15)/t5-,6+,7+/m1/s1. The average Bonchev–Trinajstić information content (AvgIpc) is 2.09. The first-order valence-corrected chi connectivity index (χ1v) is 4.93. The highest BCUT2D eigenvalue weighted by molar-refractivity contribution is 5.82. The Labute approximate surface area is 86.4 Å². The maximum absolute atomic E-state index is 12.0. The number of carbonyl (C=O) groups excluding carboxylic acids is 1. The molecule has 0 radical (unpaired) electrons. The third-order valence-electron chi connectivity index (χ3n) is 2.77. The molecular weight excluding hydrogens is 209 g/mol. The van der Waals surface area contributed by atoms with Crippen LogP contribution in [0, 0.1) is 5.92 Å². The van der Waals surface area contributed by atoms with Gasteiger partial charge in [0.1, 0.15) is 0 Å². The van der Waals surface area contributed by atoms with Gasteiger partial charge < -0.3 is 10.6 Å². The number of hydrogen-bond donors (Lipinski definition) is 2. The normalized spacial score (nSPS) is 32.5. The Bertz CT molecular complexity index is 232. The van der Waals surface area contributed by atoms with Crippen molar-refractivity contribution >= 4 is 5.91 Å². The highest BCUT2D eigenvalue weighted by atomic mass is 19.4. The van der Waals surface area contributed by atoms with Crippen molar-refractivity contribution in [1.29, 1.82) is 0 Å². The molecule has 15 heavy (non-hydrogen) atoms. The van der Waals surface area contributed by atoms with E-state index in [1.807, 2.05) is 12.2 Å². The summed E-state index contributed by atoms with van der Waals surface area (Å²) >= 11 is 0. The van der Waals surface area contributed by atoms with Crippen molar-refractivity contribution in [2.24, 2.45) is 5.92 Å². The molecular formula is C9H15F3N2O. The molecule has 3 nitrogen and oxygen atoms in total. The second-order valence-corrected chi connectivity index (χ2v) is 4.01. The van der Waals surface area contributed by atoms with Crippen molar-refractivity contribution in [3.63, 3.8) is 0 Å². The van der Waals surface area contributed by atoms with E-state index in [9.17, 15) is 18.0 Å². The zero-order valence-electron chi connectivity index (χ0n) is 8.69. The predicted molar refractivity (Wildman–Crippen MR) is 49.2 cm³/mol. The Morgan fingerprint density at radius 3 is 2.47 bits per heavy atom. The predicted octanol–water partition coefficient (Wildman–Crippen LogP) is 1.05. The first-order valence-electron chi connectivity index (χ1n) is 4.93. The van der Waals surface area contributed by atoms with Crippen molar-refractivity contribution in [2.45, 2.75) is 38.5 Å². The Morgan fingerprint density at radius 2 is 2.00 bits per heavy atom. The van der Waals surface area contributed by atoms with Crippen LogP contribution in [0.25, 0.3) is 0 Å². The Balaban J connectivity index is 2.59. The highest BCUT2D eigenvalue weighted by Gasteiger charge is 2.41. The number of rotatable bonds is 1. The minimum Gasteiger partial charge on any atom is -0.344 e. The van der Waals surface area contributed by atoms with Crippen LogP contribution in [0.4, 0.5) is 13.2 Å². The fourth-order valence-electron chi connectivity index (χ4n) is 1.84. The molecule has 2 N–H and O–H groups in total. The number of nitrogens with one attached hydrogen (secondary N) is 2. The van der Waals surface area contributed by atoms with Crippen molar-refractivity contribution in [2.75, 3.05) is 6.54 Å². The van der Waals surface area contributed by atoms with Gasteiger partial charge in [-0.2, -0.15) is 13.2 Å². The summed E-state index contributed by atoms with van der Waals surface area (Å²) in [4.78, 5) is 10.8. The molecule has 3 atom stereocenters. The van der Waals surface area contributed by atoms with Gasteiger partial charge in [0.25, 0.3) is 0 Å². The first-order chi connectivity index (χ1) is 6.82. The summed E-state index contributed by atoms with van der Waals surface area (Å²) in [6.07, 6.45) is -4.02. The third-order valence-corrected chi connectivity index (χ3v) is 2.77. The molecule has 1 aliphatic heterocycles. The minimum absolute atomic E-state index is 0.0625. The Kier molecular flexibility index (Phi) is 3.59. The lowest BCUT2D eigenvalue weighted by molar-refractivity contribution is -0.175. The van der Waals surface area contributed by atoms with E-state index in [4.69, 9.17) is 0 Å². The monoisotopic (exact) mass is 224 g/mol. The topological polar surface area (TPSA) is 41.1 Å². The number of hydrogen-bond acceptors (Lipinski definition) is 2. The van der Waals surface area contributed by atoms with Crippen molar-refractivity contribution in [3.8, 4) is 0 Å². The largest absolute Gasteiger partial charge is 0.471 e. The van der Waals surface area contributed by atoms with E-state index < -0.39 is 18.1 Å². The fourth-order valence-corrected chi connectivity index (χ4v) is 1.84. The van der Waals surface area contributed by atoms with Crippen LogP contribution < -0.4 is 10.6 Å². The molecule has 0 aromatic carbocycles. The van der Waals surface area contributed by atoms with Gasteiger partial charge >= 0.3 is 12.1 Å². The molecule has 1 fully saturated rings. The molecule has 0 unspecified atom stereocenters. The van der Waals surface area contributed by atoms with E-state index >= 15 is 0 Å². The van der Waals surface area contributed by atoms with Gasteiger partial charge in [-0.1, -0.05) is 6.92 Å². The zero-order chi connectivity index (χ0) is 11.6. The summed E-state index contributed by atoms with van der Waals surface area (Å²) in [5.41, 5.74) is 0. The lowest BCUT2D eigenvalue weighted by atomic mass is 9.89. The van der Waals surface area contributed by atoms with Gasteiger partial charge in [0.2, 0.25) is 0 Å². The molecule has 1 rings (SSSR count). The van der Waals surface area contributed by atoms with Gasteiger partial charge in [0.05, 0.1) is 0 Å². The van der Waals surface area contributed by atoms with Crippen LogP contribution in [0.2, 0.25) is 0 Å². The van der Waals surface area contributed by atoms with Crippen molar-refractivity contribution in [1.82, 2.24) is 10.6 Å². The summed E-state index contributed by atoms with van der Waals surface area (Å²) < 4.78 is 36.1. The van der Waals surface area contributed by atoms with Crippen molar-refractivity contribution in [3.05, 3.63) is 0 Å². The Morgan fingerprint density at radius 1 is 1.40 bits per heavy atom. The lowest BCUT2D eigenvalue weighted by Crippen LogP contribution is -2.58. The summed E-state index contributed by atoms with van der Waals surface area (Å²) in [5.74, 6) is -1.79. The Hall–Kier alpha value is -0.780. The van der Waals surface area contributed by atoms with Crippen molar-refractivity contribution < 1.29 is 18.0 Å². The van der Waals surface area contributed by atoms with Crippen LogP contribution >= 0.6 is 0 Å².